The van der Waals surface area contributed by atoms with Gasteiger partial charge >= 0.3 is 0 Å². The van der Waals surface area contributed by atoms with Gasteiger partial charge in [-0.3, -0.25) is 14.6 Å². The first-order valence-corrected chi connectivity index (χ1v) is 13.8. The zero-order valence-electron chi connectivity index (χ0n) is 23.7. The van der Waals surface area contributed by atoms with Crippen LogP contribution < -0.4 is 16.1 Å². The number of pyridine rings is 1. The number of aromatic nitrogens is 5. The van der Waals surface area contributed by atoms with E-state index in [1.54, 1.807) is 22.6 Å². The van der Waals surface area contributed by atoms with Gasteiger partial charge in [0.05, 0.1) is 37.7 Å². The molecule has 14 heteroatoms. The lowest BCUT2D eigenvalue weighted by Crippen LogP contribution is -2.52. The number of fused-ring (bicyclic) bond motifs is 1. The van der Waals surface area contributed by atoms with E-state index in [1.807, 2.05) is 18.0 Å². The minimum atomic E-state index is -0.414. The summed E-state index contributed by atoms with van der Waals surface area (Å²) in [6.07, 6.45) is 6.79. The first kappa shape index (κ1) is 28.8. The molecule has 1 fully saturated rings. The summed E-state index contributed by atoms with van der Waals surface area (Å²) in [5, 5.41) is 14.3. The third kappa shape index (κ3) is 5.32. The minimum absolute atomic E-state index is 0.0378. The van der Waals surface area contributed by atoms with E-state index < -0.39 is 11.5 Å². The fourth-order valence-corrected chi connectivity index (χ4v) is 5.43. The maximum absolute atomic E-state index is 13.9. The van der Waals surface area contributed by atoms with Crippen molar-refractivity contribution in [1.82, 2.24) is 29.1 Å². The zero-order valence-corrected chi connectivity index (χ0v) is 23.7. The van der Waals surface area contributed by atoms with Gasteiger partial charge in [-0.15, -0.1) is 0 Å². The summed E-state index contributed by atoms with van der Waals surface area (Å²) in [4.78, 5) is 59.2. The molecule has 0 aliphatic carbocycles. The highest BCUT2D eigenvalue weighted by molar-refractivity contribution is 5.95. The van der Waals surface area contributed by atoms with Gasteiger partial charge in [0.15, 0.2) is 11.4 Å². The molecule has 5 rings (SSSR count). The molecule has 2 aliphatic rings. The number of anilines is 1. The van der Waals surface area contributed by atoms with Crippen molar-refractivity contribution in [2.24, 2.45) is 10.1 Å². The lowest BCUT2D eigenvalue weighted by atomic mass is 10.0. The Bertz CT molecular complexity index is 1650. The van der Waals surface area contributed by atoms with Crippen LogP contribution in [0.5, 0.6) is 5.75 Å². The van der Waals surface area contributed by atoms with E-state index >= 15 is 0 Å². The molecule has 5 heterocycles. The number of piperazine rings is 1. The van der Waals surface area contributed by atoms with Crippen LogP contribution >= 0.6 is 0 Å². The molecule has 3 aromatic heterocycles. The van der Waals surface area contributed by atoms with Crippen LogP contribution in [0.4, 0.5) is 5.69 Å². The van der Waals surface area contributed by atoms with Crippen LogP contribution in [0.1, 0.15) is 45.5 Å². The second-order valence-corrected chi connectivity index (χ2v) is 9.98. The Hall–Kier alpha value is -4.72. The van der Waals surface area contributed by atoms with E-state index in [1.165, 1.54) is 6.33 Å². The molecule has 42 heavy (non-hydrogen) atoms. The quantitative estimate of drug-likeness (QED) is 0.292. The molecule has 1 saturated heterocycles. The molecule has 0 aromatic carbocycles. The predicted molar refractivity (Wildman–Crippen MR) is 152 cm³/mol. The van der Waals surface area contributed by atoms with Crippen molar-refractivity contribution in [3.8, 4) is 5.75 Å². The van der Waals surface area contributed by atoms with Crippen LogP contribution in [-0.4, -0.2) is 85.9 Å². The van der Waals surface area contributed by atoms with Crippen LogP contribution in [0.25, 0.3) is 0 Å². The third-order valence-corrected chi connectivity index (χ3v) is 7.64. The van der Waals surface area contributed by atoms with Crippen LogP contribution in [0.15, 0.2) is 33.6 Å². The average Bonchev–Trinajstić information content (AvgIpc) is 3.01. The summed E-state index contributed by atoms with van der Waals surface area (Å²) in [6.45, 7) is 9.67. The average molecular weight is 576 g/mol. The maximum atomic E-state index is 13.9. The Labute approximate surface area is 241 Å². The van der Waals surface area contributed by atoms with Crippen molar-refractivity contribution in [2.45, 2.75) is 46.4 Å². The largest absolute Gasteiger partial charge is 0.504 e. The Kier molecular flexibility index (Phi) is 8.52. The number of ether oxygens (including phenoxy) is 1. The second-order valence-electron chi connectivity index (χ2n) is 9.98. The van der Waals surface area contributed by atoms with E-state index in [4.69, 9.17) is 9.73 Å². The van der Waals surface area contributed by atoms with Crippen LogP contribution in [0.3, 0.4) is 0 Å². The lowest BCUT2D eigenvalue weighted by Gasteiger charge is -2.36. The monoisotopic (exact) mass is 575 g/mol. The number of amides is 1. The Balaban J connectivity index is 1.49. The van der Waals surface area contributed by atoms with Gasteiger partial charge in [-0.2, -0.15) is 9.78 Å². The summed E-state index contributed by atoms with van der Waals surface area (Å²) < 4.78 is 8.45. The van der Waals surface area contributed by atoms with E-state index in [9.17, 15) is 19.5 Å². The fraction of sp³-hybridized carbons (Fsp3) is 0.429. The molecule has 14 nitrogen and oxygen atoms in total. The smallest absolute Gasteiger partial charge is 0.299 e. The molecule has 0 unspecified atom stereocenters. The zero-order chi connectivity index (χ0) is 29.8. The number of nitrogens with zero attached hydrogens (tertiary/aromatic N) is 9. The van der Waals surface area contributed by atoms with Gasteiger partial charge in [-0.05, 0) is 36.5 Å². The molecule has 220 valence electrons. The number of aldehydes is 1. The molecule has 0 saturated carbocycles. The first-order chi connectivity index (χ1) is 20.4. The molecule has 3 aromatic rings. The van der Waals surface area contributed by atoms with E-state index in [2.05, 4.69) is 26.8 Å². The lowest BCUT2D eigenvalue weighted by molar-refractivity contribution is -0.108. The highest BCUT2D eigenvalue weighted by Crippen LogP contribution is 2.23. The van der Waals surface area contributed by atoms with E-state index in [0.717, 1.165) is 34.1 Å². The molecule has 2 aliphatic heterocycles. The normalized spacial score (nSPS) is 15.4. The fourth-order valence-electron chi connectivity index (χ4n) is 5.43. The standard InChI is InChI=1S/C28H33N9O5/c1-4-22-24(34-6-8-35(9-7-34)26(40)23-25(39)18(2)32-17-33-23)27(41)37(29-3)28(36(22)10-11-38)31-15-20-14-30-13-19-5-12-42-16-21(19)20/h11,13-14,17,39H,3-10,12,15-16H2,1-2H3. The Morgan fingerprint density at radius 2 is 2.00 bits per heavy atom. The molecule has 0 bridgehead atoms. The van der Waals surface area contributed by atoms with Crippen LogP contribution in [0, 0.1) is 6.92 Å². The summed E-state index contributed by atoms with van der Waals surface area (Å²) in [6, 6.07) is 0. The maximum Gasteiger partial charge on any atom is 0.299 e. The first-order valence-electron chi connectivity index (χ1n) is 13.8. The van der Waals surface area contributed by atoms with E-state index in [0.29, 0.717) is 62.9 Å². The van der Waals surface area contributed by atoms with Gasteiger partial charge in [0.2, 0.25) is 5.62 Å². The van der Waals surface area contributed by atoms with Gasteiger partial charge in [0.1, 0.15) is 18.3 Å². The summed E-state index contributed by atoms with van der Waals surface area (Å²) >= 11 is 0. The highest BCUT2D eigenvalue weighted by Gasteiger charge is 2.29. The molecular formula is C28H33N9O5. The van der Waals surface area contributed by atoms with Crippen molar-refractivity contribution in [1.29, 1.82) is 0 Å². The third-order valence-electron chi connectivity index (χ3n) is 7.64. The highest BCUT2D eigenvalue weighted by atomic mass is 16.5. The Morgan fingerprint density at radius 3 is 2.71 bits per heavy atom. The number of aromatic hydroxyl groups is 1. The predicted octanol–water partition coefficient (Wildman–Crippen LogP) is 0.210. The van der Waals surface area contributed by atoms with E-state index in [-0.39, 0.29) is 30.2 Å². The van der Waals surface area contributed by atoms with Crippen LogP contribution in [0.2, 0.25) is 0 Å². The number of carbonyl (C=O) groups excluding carboxylic acids is 2. The number of hydrogen-bond donors (Lipinski definition) is 1. The summed E-state index contributed by atoms with van der Waals surface area (Å²) in [7, 11) is 0. The van der Waals surface area contributed by atoms with Crippen molar-refractivity contribution < 1.29 is 19.4 Å². The molecule has 1 N–H and O–H groups in total. The van der Waals surface area contributed by atoms with Gasteiger partial charge in [-0.25, -0.2) is 15.0 Å². The van der Waals surface area contributed by atoms with Gasteiger partial charge in [0, 0.05) is 45.3 Å². The van der Waals surface area contributed by atoms with Gasteiger partial charge < -0.3 is 29.0 Å². The molecule has 0 radical (unpaired) electrons. The van der Waals surface area contributed by atoms with Gasteiger partial charge in [-0.1, -0.05) is 6.92 Å². The number of hydrogen-bond acceptors (Lipinski definition) is 11. The summed E-state index contributed by atoms with van der Waals surface area (Å²) in [5.41, 5.74) is 4.09. The van der Waals surface area contributed by atoms with Gasteiger partial charge in [0.25, 0.3) is 11.5 Å². The number of carbonyl (C=O) groups is 2. The number of rotatable bonds is 8. The molecule has 0 spiro atoms. The molecular weight excluding hydrogens is 542 g/mol. The van der Waals surface area contributed by atoms with Crippen LogP contribution in [-0.2, 0) is 42.1 Å². The second kappa shape index (κ2) is 12.4. The topological polar surface area (TPSA) is 160 Å². The summed E-state index contributed by atoms with van der Waals surface area (Å²) in [5.74, 6) is -0.654. The molecule has 1 amide bonds. The van der Waals surface area contributed by atoms with Crippen molar-refractivity contribution in [3.63, 3.8) is 0 Å². The van der Waals surface area contributed by atoms with Crippen molar-refractivity contribution in [2.75, 3.05) is 37.7 Å². The molecule has 0 atom stereocenters. The minimum Gasteiger partial charge on any atom is -0.504 e. The number of aryl methyl sites for hydroxylation is 1. The van der Waals surface area contributed by atoms with Crippen molar-refractivity contribution in [3.05, 3.63) is 68.5 Å². The SMILES string of the molecule is C=Nn1c(=O)c(N2CCN(C(=O)c3ncnc(C)c3O)CC2)c(CC)n(CC=O)c1=NCc1cncc2c1COCC2. The van der Waals surface area contributed by atoms with Crippen molar-refractivity contribution >= 4 is 24.6 Å². The Morgan fingerprint density at radius 1 is 1.21 bits per heavy atom.